The SMILES string of the molecule is O=C(O)c1cccc(O)c1.O=C(O)c1ccccc1. The van der Waals surface area contributed by atoms with Gasteiger partial charge in [0.15, 0.2) is 0 Å². The number of phenolic OH excluding ortho intramolecular Hbond substituents is 1. The lowest BCUT2D eigenvalue weighted by molar-refractivity contribution is 0.0686. The molecule has 2 rings (SSSR count). The number of carbonyl (C=O) groups is 2. The van der Waals surface area contributed by atoms with E-state index in [1.54, 1.807) is 30.3 Å². The zero-order chi connectivity index (χ0) is 14.3. The van der Waals surface area contributed by atoms with Crippen LogP contribution in [0.4, 0.5) is 0 Å². The number of phenols is 1. The maximum absolute atomic E-state index is 10.2. The minimum absolute atomic E-state index is 0.0279. The van der Waals surface area contributed by atoms with Gasteiger partial charge in [-0.15, -0.1) is 0 Å². The summed E-state index contributed by atoms with van der Waals surface area (Å²) in [5, 5.41) is 25.6. The fraction of sp³-hybridized carbons (Fsp3) is 0. The van der Waals surface area contributed by atoms with Crippen molar-refractivity contribution in [3.8, 4) is 5.75 Å². The molecule has 0 heterocycles. The average molecular weight is 260 g/mol. The van der Waals surface area contributed by atoms with Crippen LogP contribution in [0.15, 0.2) is 54.6 Å². The smallest absolute Gasteiger partial charge is 0.335 e. The van der Waals surface area contributed by atoms with Gasteiger partial charge in [-0.3, -0.25) is 0 Å². The van der Waals surface area contributed by atoms with Gasteiger partial charge in [-0.1, -0.05) is 24.3 Å². The van der Waals surface area contributed by atoms with Gasteiger partial charge in [0.25, 0.3) is 0 Å². The van der Waals surface area contributed by atoms with Crippen LogP contribution in [0.2, 0.25) is 0 Å². The van der Waals surface area contributed by atoms with Crippen molar-refractivity contribution in [1.82, 2.24) is 0 Å². The standard InChI is InChI=1S/C7H6O3.C7H6O2/c8-6-3-1-2-5(4-6)7(9)10;8-7(9)6-4-2-1-3-5-6/h1-4,8H,(H,9,10);1-5H,(H,8,9). The second kappa shape index (κ2) is 6.80. The predicted octanol–water partition coefficient (Wildman–Crippen LogP) is 2.48. The Hall–Kier alpha value is -2.82. The topological polar surface area (TPSA) is 94.8 Å². The lowest BCUT2D eigenvalue weighted by Gasteiger charge is -1.92. The maximum Gasteiger partial charge on any atom is 0.335 e. The quantitative estimate of drug-likeness (QED) is 0.771. The van der Waals surface area contributed by atoms with E-state index in [-0.39, 0.29) is 11.3 Å². The molecule has 0 radical (unpaired) electrons. The Labute approximate surface area is 109 Å². The van der Waals surface area contributed by atoms with Gasteiger partial charge in [0.2, 0.25) is 0 Å². The third-order valence-electron chi connectivity index (χ3n) is 2.11. The van der Waals surface area contributed by atoms with E-state index in [9.17, 15) is 9.59 Å². The molecule has 0 aliphatic carbocycles. The highest BCUT2D eigenvalue weighted by atomic mass is 16.4. The zero-order valence-electron chi connectivity index (χ0n) is 9.85. The van der Waals surface area contributed by atoms with Crippen LogP contribution in [0.5, 0.6) is 5.75 Å². The van der Waals surface area contributed by atoms with Crippen LogP contribution in [0.25, 0.3) is 0 Å². The molecule has 5 nitrogen and oxygen atoms in total. The Balaban J connectivity index is 0.000000191. The second-order valence-corrected chi connectivity index (χ2v) is 3.53. The molecule has 0 unspecified atom stereocenters. The Morgan fingerprint density at radius 2 is 1.26 bits per heavy atom. The largest absolute Gasteiger partial charge is 0.508 e. The number of aromatic hydroxyl groups is 1. The van der Waals surface area contributed by atoms with Gasteiger partial charge < -0.3 is 15.3 Å². The van der Waals surface area contributed by atoms with Crippen LogP contribution in [-0.4, -0.2) is 27.3 Å². The molecule has 0 aromatic heterocycles. The first-order valence-electron chi connectivity index (χ1n) is 5.31. The highest BCUT2D eigenvalue weighted by molar-refractivity contribution is 5.88. The number of benzene rings is 2. The first kappa shape index (κ1) is 14.2. The average Bonchev–Trinajstić information content (AvgIpc) is 2.40. The van der Waals surface area contributed by atoms with Crippen LogP contribution in [0, 0.1) is 0 Å². The molecule has 19 heavy (non-hydrogen) atoms. The van der Waals surface area contributed by atoms with Crippen LogP contribution < -0.4 is 0 Å². The lowest BCUT2D eigenvalue weighted by Crippen LogP contribution is -1.94. The first-order chi connectivity index (χ1) is 9.00. The number of rotatable bonds is 2. The summed E-state index contributed by atoms with van der Waals surface area (Å²) < 4.78 is 0. The normalized spacial score (nSPS) is 9.05. The lowest BCUT2D eigenvalue weighted by atomic mass is 10.2. The van der Waals surface area contributed by atoms with E-state index in [1.807, 2.05) is 0 Å². The van der Waals surface area contributed by atoms with Crippen molar-refractivity contribution >= 4 is 11.9 Å². The highest BCUT2D eigenvalue weighted by Crippen LogP contribution is 2.09. The van der Waals surface area contributed by atoms with Gasteiger partial charge in [0, 0.05) is 0 Å². The monoisotopic (exact) mass is 260 g/mol. The molecule has 3 N–H and O–H groups in total. The molecule has 0 amide bonds. The predicted molar refractivity (Wildman–Crippen MR) is 68.5 cm³/mol. The summed E-state index contributed by atoms with van der Waals surface area (Å²) in [5.74, 6) is -1.94. The third kappa shape index (κ3) is 4.91. The fourth-order valence-corrected chi connectivity index (χ4v) is 1.22. The molecule has 5 heteroatoms. The molecule has 0 saturated carbocycles. The van der Waals surface area contributed by atoms with Crippen molar-refractivity contribution in [3.05, 3.63) is 65.7 Å². The van der Waals surface area contributed by atoms with E-state index in [0.717, 1.165) is 0 Å². The Kier molecular flexibility index (Phi) is 5.10. The van der Waals surface area contributed by atoms with Gasteiger partial charge in [-0.25, -0.2) is 9.59 Å². The highest BCUT2D eigenvalue weighted by Gasteiger charge is 2.00. The minimum atomic E-state index is -1.03. The Bertz CT molecular complexity index is 563. The van der Waals surface area contributed by atoms with Crippen molar-refractivity contribution in [3.63, 3.8) is 0 Å². The van der Waals surface area contributed by atoms with Crippen LogP contribution in [0.3, 0.4) is 0 Å². The van der Waals surface area contributed by atoms with Crippen molar-refractivity contribution in [2.75, 3.05) is 0 Å². The van der Waals surface area contributed by atoms with E-state index < -0.39 is 11.9 Å². The number of hydrogen-bond acceptors (Lipinski definition) is 3. The Morgan fingerprint density at radius 1 is 0.737 bits per heavy atom. The number of hydrogen-bond donors (Lipinski definition) is 3. The van der Waals surface area contributed by atoms with E-state index in [2.05, 4.69) is 0 Å². The van der Waals surface area contributed by atoms with Crippen molar-refractivity contribution in [1.29, 1.82) is 0 Å². The summed E-state index contributed by atoms with van der Waals surface area (Å²) in [6.07, 6.45) is 0. The molecule has 98 valence electrons. The molecule has 0 atom stereocenters. The van der Waals surface area contributed by atoms with Crippen molar-refractivity contribution < 1.29 is 24.9 Å². The van der Waals surface area contributed by atoms with Crippen LogP contribution >= 0.6 is 0 Å². The zero-order valence-corrected chi connectivity index (χ0v) is 9.85. The molecule has 2 aromatic carbocycles. The number of aromatic carboxylic acids is 2. The second-order valence-electron chi connectivity index (χ2n) is 3.53. The molecular weight excluding hydrogens is 248 g/mol. The number of carboxylic acid groups (broad SMARTS) is 2. The van der Waals surface area contributed by atoms with Gasteiger partial charge in [-0.2, -0.15) is 0 Å². The van der Waals surface area contributed by atoms with Crippen molar-refractivity contribution in [2.45, 2.75) is 0 Å². The molecule has 0 spiro atoms. The fourth-order valence-electron chi connectivity index (χ4n) is 1.22. The molecule has 0 saturated heterocycles. The van der Waals surface area contributed by atoms with Gasteiger partial charge in [-0.05, 0) is 30.3 Å². The molecule has 2 aromatic rings. The summed E-state index contributed by atoms with van der Waals surface area (Å²) in [6, 6.07) is 13.8. The van der Waals surface area contributed by atoms with E-state index in [4.69, 9.17) is 15.3 Å². The van der Waals surface area contributed by atoms with Crippen LogP contribution in [-0.2, 0) is 0 Å². The minimum Gasteiger partial charge on any atom is -0.508 e. The summed E-state index contributed by atoms with van der Waals surface area (Å²) >= 11 is 0. The van der Waals surface area contributed by atoms with E-state index >= 15 is 0 Å². The van der Waals surface area contributed by atoms with E-state index in [1.165, 1.54) is 24.3 Å². The van der Waals surface area contributed by atoms with Gasteiger partial charge in [0.05, 0.1) is 11.1 Å². The molecule has 0 bridgehead atoms. The summed E-state index contributed by atoms with van der Waals surface area (Å²) in [7, 11) is 0. The summed E-state index contributed by atoms with van der Waals surface area (Å²) in [5.41, 5.74) is 0.428. The summed E-state index contributed by atoms with van der Waals surface area (Å²) in [6.45, 7) is 0. The number of carboxylic acids is 2. The first-order valence-corrected chi connectivity index (χ1v) is 5.31. The van der Waals surface area contributed by atoms with Crippen LogP contribution in [0.1, 0.15) is 20.7 Å². The summed E-state index contributed by atoms with van der Waals surface area (Å²) in [4.78, 5) is 20.4. The van der Waals surface area contributed by atoms with Crippen molar-refractivity contribution in [2.24, 2.45) is 0 Å². The Morgan fingerprint density at radius 3 is 1.63 bits per heavy atom. The van der Waals surface area contributed by atoms with E-state index in [0.29, 0.717) is 5.56 Å². The molecule has 0 aliphatic heterocycles. The van der Waals surface area contributed by atoms with Gasteiger partial charge in [0.1, 0.15) is 5.75 Å². The molecule has 0 fully saturated rings. The molecular formula is C14H12O5. The van der Waals surface area contributed by atoms with Gasteiger partial charge >= 0.3 is 11.9 Å². The maximum atomic E-state index is 10.2. The third-order valence-corrected chi connectivity index (χ3v) is 2.11. The molecule has 0 aliphatic rings.